The SMILES string of the molecule is CCC1CN(c2c(N)cccc2Cl)CCCO1. The van der Waals surface area contributed by atoms with Crippen LogP contribution in [0.5, 0.6) is 0 Å². The van der Waals surface area contributed by atoms with Crippen molar-refractivity contribution in [3.8, 4) is 0 Å². The summed E-state index contributed by atoms with van der Waals surface area (Å²) in [7, 11) is 0. The number of halogens is 1. The molecule has 1 atom stereocenters. The van der Waals surface area contributed by atoms with Crippen LogP contribution >= 0.6 is 11.6 Å². The molecule has 1 aliphatic heterocycles. The van der Waals surface area contributed by atoms with Gasteiger partial charge in [0.15, 0.2) is 0 Å². The number of rotatable bonds is 2. The molecule has 1 aromatic rings. The molecule has 1 saturated heterocycles. The zero-order valence-electron chi connectivity index (χ0n) is 10.2. The van der Waals surface area contributed by atoms with E-state index in [-0.39, 0.29) is 6.10 Å². The average Bonchev–Trinajstić information content (AvgIpc) is 2.54. The van der Waals surface area contributed by atoms with Crippen LogP contribution in [0.4, 0.5) is 11.4 Å². The van der Waals surface area contributed by atoms with Gasteiger partial charge in [0.2, 0.25) is 0 Å². The highest BCUT2D eigenvalue weighted by Crippen LogP contribution is 2.33. The summed E-state index contributed by atoms with van der Waals surface area (Å²) in [4.78, 5) is 2.25. The molecule has 17 heavy (non-hydrogen) atoms. The lowest BCUT2D eigenvalue weighted by Gasteiger charge is -2.27. The van der Waals surface area contributed by atoms with Crippen LogP contribution in [0.3, 0.4) is 0 Å². The zero-order chi connectivity index (χ0) is 12.3. The number of anilines is 2. The first-order valence-corrected chi connectivity index (χ1v) is 6.50. The van der Waals surface area contributed by atoms with Crippen molar-refractivity contribution < 1.29 is 4.74 Å². The van der Waals surface area contributed by atoms with E-state index >= 15 is 0 Å². The molecule has 0 aromatic heterocycles. The maximum atomic E-state index is 6.24. The van der Waals surface area contributed by atoms with Crippen molar-refractivity contribution in [1.82, 2.24) is 0 Å². The molecular formula is C13H19ClN2O. The second kappa shape index (κ2) is 5.61. The Kier molecular flexibility index (Phi) is 4.13. The van der Waals surface area contributed by atoms with E-state index in [2.05, 4.69) is 11.8 Å². The third kappa shape index (κ3) is 2.85. The Bertz CT molecular complexity index is 363. The van der Waals surface area contributed by atoms with E-state index in [0.29, 0.717) is 0 Å². The molecule has 4 heteroatoms. The molecule has 1 unspecified atom stereocenters. The molecule has 1 fully saturated rings. The molecule has 0 saturated carbocycles. The van der Waals surface area contributed by atoms with Crippen molar-refractivity contribution in [2.24, 2.45) is 0 Å². The highest BCUT2D eigenvalue weighted by Gasteiger charge is 2.20. The first-order valence-electron chi connectivity index (χ1n) is 6.13. The molecule has 1 heterocycles. The van der Waals surface area contributed by atoms with E-state index in [9.17, 15) is 0 Å². The number of nitrogens with zero attached hydrogens (tertiary/aromatic N) is 1. The quantitative estimate of drug-likeness (QED) is 0.825. The third-order valence-corrected chi connectivity index (χ3v) is 3.44. The fourth-order valence-electron chi connectivity index (χ4n) is 2.21. The van der Waals surface area contributed by atoms with Crippen LogP contribution in [0.15, 0.2) is 18.2 Å². The molecule has 2 N–H and O–H groups in total. The number of hydrogen-bond donors (Lipinski definition) is 1. The van der Waals surface area contributed by atoms with Gasteiger partial charge in [-0.3, -0.25) is 0 Å². The second-order valence-electron chi connectivity index (χ2n) is 4.38. The maximum Gasteiger partial charge on any atom is 0.0790 e. The molecule has 0 spiro atoms. The first-order chi connectivity index (χ1) is 8.22. The van der Waals surface area contributed by atoms with Crippen molar-refractivity contribution >= 4 is 23.0 Å². The minimum Gasteiger partial charge on any atom is -0.397 e. The van der Waals surface area contributed by atoms with E-state index < -0.39 is 0 Å². The Labute approximate surface area is 107 Å². The summed E-state index contributed by atoms with van der Waals surface area (Å²) in [5, 5.41) is 0.724. The Morgan fingerprint density at radius 1 is 1.53 bits per heavy atom. The van der Waals surface area contributed by atoms with Gasteiger partial charge in [0, 0.05) is 19.7 Å². The number of para-hydroxylation sites is 1. The summed E-state index contributed by atoms with van der Waals surface area (Å²) in [6.45, 7) is 4.78. The molecule has 0 aliphatic carbocycles. The minimum absolute atomic E-state index is 0.271. The van der Waals surface area contributed by atoms with Crippen molar-refractivity contribution in [1.29, 1.82) is 0 Å². The molecule has 0 amide bonds. The summed E-state index contributed by atoms with van der Waals surface area (Å²) >= 11 is 6.24. The number of nitrogen functional groups attached to an aromatic ring is 1. The van der Waals surface area contributed by atoms with E-state index in [1.807, 2.05) is 18.2 Å². The monoisotopic (exact) mass is 254 g/mol. The summed E-state index contributed by atoms with van der Waals surface area (Å²) in [6, 6.07) is 5.67. The molecule has 2 rings (SSSR count). The first kappa shape index (κ1) is 12.5. The molecule has 1 aromatic carbocycles. The molecule has 1 aliphatic rings. The standard InChI is InChI=1S/C13H19ClN2O/c1-2-10-9-16(7-4-8-17-10)13-11(14)5-3-6-12(13)15/h3,5-6,10H,2,4,7-9,15H2,1H3. The van der Waals surface area contributed by atoms with Crippen molar-refractivity contribution in [3.05, 3.63) is 23.2 Å². The van der Waals surface area contributed by atoms with Crippen LogP contribution in [0.1, 0.15) is 19.8 Å². The van der Waals surface area contributed by atoms with Gasteiger partial charge >= 0.3 is 0 Å². The third-order valence-electron chi connectivity index (χ3n) is 3.14. The predicted octanol–water partition coefficient (Wildman–Crippen LogP) is 2.93. The Balaban J connectivity index is 2.25. The zero-order valence-corrected chi connectivity index (χ0v) is 10.9. The van der Waals surface area contributed by atoms with Crippen LogP contribution in [-0.2, 0) is 4.74 Å². The molecule has 0 radical (unpaired) electrons. The minimum atomic E-state index is 0.271. The number of ether oxygens (including phenoxy) is 1. The van der Waals surface area contributed by atoms with Gasteiger partial charge in [0.25, 0.3) is 0 Å². The van der Waals surface area contributed by atoms with Gasteiger partial charge in [0.1, 0.15) is 0 Å². The van der Waals surface area contributed by atoms with Gasteiger partial charge in [-0.25, -0.2) is 0 Å². The van der Waals surface area contributed by atoms with E-state index in [1.54, 1.807) is 0 Å². The lowest BCUT2D eigenvalue weighted by atomic mass is 10.2. The van der Waals surface area contributed by atoms with Crippen LogP contribution in [0.2, 0.25) is 5.02 Å². The largest absolute Gasteiger partial charge is 0.397 e. The van der Waals surface area contributed by atoms with E-state index in [1.165, 1.54) is 0 Å². The number of benzene rings is 1. The Hall–Kier alpha value is -0.930. The molecular weight excluding hydrogens is 236 g/mol. The normalized spacial score (nSPS) is 21.3. The average molecular weight is 255 g/mol. The second-order valence-corrected chi connectivity index (χ2v) is 4.79. The summed E-state index contributed by atoms with van der Waals surface area (Å²) in [5.41, 5.74) is 7.72. The predicted molar refractivity (Wildman–Crippen MR) is 72.7 cm³/mol. The van der Waals surface area contributed by atoms with Gasteiger partial charge in [-0.1, -0.05) is 24.6 Å². The van der Waals surface area contributed by atoms with Crippen LogP contribution in [0.25, 0.3) is 0 Å². The van der Waals surface area contributed by atoms with Gasteiger partial charge < -0.3 is 15.4 Å². The highest BCUT2D eigenvalue weighted by atomic mass is 35.5. The van der Waals surface area contributed by atoms with Gasteiger partial charge in [-0.15, -0.1) is 0 Å². The number of hydrogen-bond acceptors (Lipinski definition) is 3. The lowest BCUT2D eigenvalue weighted by molar-refractivity contribution is 0.0664. The smallest absolute Gasteiger partial charge is 0.0790 e. The van der Waals surface area contributed by atoms with Crippen molar-refractivity contribution in [2.75, 3.05) is 30.3 Å². The molecule has 3 nitrogen and oxygen atoms in total. The van der Waals surface area contributed by atoms with Gasteiger partial charge in [-0.2, -0.15) is 0 Å². The van der Waals surface area contributed by atoms with Gasteiger partial charge in [0.05, 0.1) is 22.5 Å². The fraction of sp³-hybridized carbons (Fsp3) is 0.538. The summed E-state index contributed by atoms with van der Waals surface area (Å²) in [6.07, 6.45) is 2.30. The topological polar surface area (TPSA) is 38.5 Å². The van der Waals surface area contributed by atoms with Crippen LogP contribution in [0, 0.1) is 0 Å². The van der Waals surface area contributed by atoms with E-state index in [4.69, 9.17) is 22.1 Å². The Morgan fingerprint density at radius 3 is 3.06 bits per heavy atom. The molecule has 94 valence electrons. The Morgan fingerprint density at radius 2 is 2.35 bits per heavy atom. The molecule has 0 bridgehead atoms. The van der Waals surface area contributed by atoms with Gasteiger partial charge in [-0.05, 0) is 25.0 Å². The maximum absolute atomic E-state index is 6.24. The van der Waals surface area contributed by atoms with Crippen LogP contribution in [-0.4, -0.2) is 25.8 Å². The summed E-state index contributed by atoms with van der Waals surface area (Å²) < 4.78 is 5.76. The highest BCUT2D eigenvalue weighted by molar-refractivity contribution is 6.34. The lowest BCUT2D eigenvalue weighted by Crippen LogP contribution is -2.32. The van der Waals surface area contributed by atoms with Crippen molar-refractivity contribution in [3.63, 3.8) is 0 Å². The van der Waals surface area contributed by atoms with E-state index in [0.717, 1.165) is 48.9 Å². The van der Waals surface area contributed by atoms with Crippen LogP contribution < -0.4 is 10.6 Å². The fourth-order valence-corrected chi connectivity index (χ4v) is 2.51. The number of nitrogens with two attached hydrogens (primary N) is 1. The van der Waals surface area contributed by atoms with Crippen molar-refractivity contribution in [2.45, 2.75) is 25.9 Å². The summed E-state index contributed by atoms with van der Waals surface area (Å²) in [5.74, 6) is 0.